The molecule has 2 atom stereocenters. The Kier molecular flexibility index (Phi) is 4.74. The molecule has 1 aromatic carbocycles. The molecular formula is C22H22FN7O. The third-order valence-electron chi connectivity index (χ3n) is 5.45. The first-order valence-corrected chi connectivity index (χ1v) is 10.2. The van der Waals surface area contributed by atoms with Gasteiger partial charge < -0.3 is 19.9 Å². The van der Waals surface area contributed by atoms with Gasteiger partial charge in [0.1, 0.15) is 11.0 Å². The molecule has 9 heteroatoms. The van der Waals surface area contributed by atoms with Gasteiger partial charge in [-0.2, -0.15) is 0 Å². The zero-order chi connectivity index (χ0) is 21.5. The number of aromatic nitrogens is 4. The van der Waals surface area contributed by atoms with E-state index in [9.17, 15) is 9.18 Å². The minimum atomic E-state index is -0.509. The van der Waals surface area contributed by atoms with Crippen LogP contribution in [0.1, 0.15) is 24.2 Å². The summed E-state index contributed by atoms with van der Waals surface area (Å²) in [5.41, 5.74) is 3.06. The highest BCUT2D eigenvalue weighted by atomic mass is 19.1. The summed E-state index contributed by atoms with van der Waals surface area (Å²) in [6.45, 7) is 5.97. The summed E-state index contributed by atoms with van der Waals surface area (Å²) < 4.78 is 15.8. The van der Waals surface area contributed by atoms with E-state index in [1.807, 2.05) is 6.07 Å². The van der Waals surface area contributed by atoms with E-state index >= 15 is 0 Å². The van der Waals surface area contributed by atoms with Crippen LogP contribution in [0.4, 0.5) is 15.8 Å². The number of fused-ring (bicyclic) bond motifs is 2. The summed E-state index contributed by atoms with van der Waals surface area (Å²) >= 11 is 0. The molecular weight excluding hydrogens is 397 g/mol. The fraction of sp³-hybridized carbons (Fsp3) is 0.273. The van der Waals surface area contributed by atoms with Gasteiger partial charge in [-0.05, 0) is 26.0 Å². The molecule has 1 fully saturated rings. The largest absolute Gasteiger partial charge is 0.367 e. The number of imidazole rings is 1. The molecule has 0 radical (unpaired) electrons. The normalized spacial score (nSPS) is 19.1. The van der Waals surface area contributed by atoms with Crippen molar-refractivity contribution >= 4 is 34.0 Å². The Morgan fingerprint density at radius 2 is 1.84 bits per heavy atom. The number of halogens is 1. The molecule has 2 unspecified atom stereocenters. The van der Waals surface area contributed by atoms with Crippen LogP contribution in [0.3, 0.4) is 0 Å². The molecule has 0 saturated carbocycles. The lowest BCUT2D eigenvalue weighted by Gasteiger charge is -2.38. The maximum absolute atomic E-state index is 14.2. The number of pyridine rings is 1. The average molecular weight is 419 g/mol. The molecule has 1 amide bonds. The van der Waals surface area contributed by atoms with Gasteiger partial charge in [-0.3, -0.25) is 14.8 Å². The second-order valence-electron chi connectivity index (χ2n) is 7.95. The van der Waals surface area contributed by atoms with Crippen LogP contribution >= 0.6 is 0 Å². The monoisotopic (exact) mass is 419 g/mol. The quantitative estimate of drug-likeness (QED) is 0.531. The van der Waals surface area contributed by atoms with Crippen LogP contribution in [0.2, 0.25) is 0 Å². The predicted molar refractivity (Wildman–Crippen MR) is 117 cm³/mol. The molecule has 4 aromatic rings. The molecule has 4 heterocycles. The lowest BCUT2D eigenvalue weighted by atomic mass is 10.1. The number of nitrogens with one attached hydrogen (secondary N) is 2. The van der Waals surface area contributed by atoms with E-state index in [2.05, 4.69) is 44.3 Å². The predicted octanol–water partition coefficient (Wildman–Crippen LogP) is 2.86. The van der Waals surface area contributed by atoms with E-state index in [1.54, 1.807) is 30.9 Å². The van der Waals surface area contributed by atoms with Gasteiger partial charge in [0.25, 0.3) is 5.91 Å². The summed E-state index contributed by atoms with van der Waals surface area (Å²) in [4.78, 5) is 28.2. The number of benzene rings is 1. The van der Waals surface area contributed by atoms with E-state index < -0.39 is 5.82 Å². The summed E-state index contributed by atoms with van der Waals surface area (Å²) in [5.74, 6) is -0.886. The summed E-state index contributed by atoms with van der Waals surface area (Å²) in [7, 11) is 0. The topological polar surface area (TPSA) is 87.5 Å². The number of hydrogen-bond donors (Lipinski definition) is 2. The maximum atomic E-state index is 14.2. The van der Waals surface area contributed by atoms with Gasteiger partial charge in [0, 0.05) is 62.2 Å². The molecule has 31 heavy (non-hydrogen) atoms. The zero-order valence-corrected chi connectivity index (χ0v) is 17.2. The fourth-order valence-corrected chi connectivity index (χ4v) is 4.26. The number of amides is 1. The van der Waals surface area contributed by atoms with Gasteiger partial charge in [-0.25, -0.2) is 9.37 Å². The van der Waals surface area contributed by atoms with Crippen molar-refractivity contribution in [1.82, 2.24) is 24.7 Å². The molecule has 1 saturated heterocycles. The fourth-order valence-electron chi connectivity index (χ4n) is 4.26. The third-order valence-corrected chi connectivity index (χ3v) is 5.45. The minimum Gasteiger partial charge on any atom is -0.367 e. The van der Waals surface area contributed by atoms with Gasteiger partial charge in [0.05, 0.1) is 16.9 Å². The van der Waals surface area contributed by atoms with Crippen molar-refractivity contribution in [2.75, 3.05) is 23.3 Å². The Bertz CT molecular complexity index is 1280. The van der Waals surface area contributed by atoms with Crippen LogP contribution in [-0.4, -0.2) is 50.4 Å². The first-order chi connectivity index (χ1) is 15.0. The van der Waals surface area contributed by atoms with Crippen molar-refractivity contribution < 1.29 is 9.18 Å². The van der Waals surface area contributed by atoms with Crippen LogP contribution in [0.15, 0.2) is 49.2 Å². The van der Waals surface area contributed by atoms with E-state index in [-0.39, 0.29) is 11.6 Å². The van der Waals surface area contributed by atoms with Gasteiger partial charge in [-0.1, -0.05) is 0 Å². The Morgan fingerprint density at radius 3 is 2.61 bits per heavy atom. The van der Waals surface area contributed by atoms with Crippen molar-refractivity contribution in [3.8, 4) is 0 Å². The molecule has 158 valence electrons. The second-order valence-corrected chi connectivity index (χ2v) is 7.95. The molecule has 0 aliphatic carbocycles. The van der Waals surface area contributed by atoms with Crippen LogP contribution in [-0.2, 0) is 0 Å². The van der Waals surface area contributed by atoms with Crippen molar-refractivity contribution in [3.63, 3.8) is 0 Å². The molecule has 2 N–H and O–H groups in total. The van der Waals surface area contributed by atoms with Crippen LogP contribution in [0.25, 0.3) is 16.7 Å². The zero-order valence-electron chi connectivity index (χ0n) is 17.2. The highest BCUT2D eigenvalue weighted by molar-refractivity contribution is 6.13. The van der Waals surface area contributed by atoms with Crippen LogP contribution in [0.5, 0.6) is 0 Å². The first-order valence-electron chi connectivity index (χ1n) is 10.2. The Hall–Kier alpha value is -3.59. The number of anilines is 2. The second kappa shape index (κ2) is 7.59. The average Bonchev–Trinajstić information content (AvgIpc) is 3.21. The first kappa shape index (κ1) is 19.4. The van der Waals surface area contributed by atoms with Gasteiger partial charge >= 0.3 is 0 Å². The van der Waals surface area contributed by atoms with Crippen LogP contribution in [0, 0.1) is 5.82 Å². The van der Waals surface area contributed by atoms with Crippen molar-refractivity contribution in [3.05, 3.63) is 60.6 Å². The van der Waals surface area contributed by atoms with E-state index in [4.69, 9.17) is 0 Å². The molecule has 1 aliphatic rings. The SMILES string of the molecule is CC1CN(c2ccc(C(=O)Nc3cc(F)c4nccn4c3)c3nccnc23)CC(C)N1. The molecule has 0 bridgehead atoms. The Labute approximate surface area is 178 Å². The van der Waals surface area contributed by atoms with E-state index in [0.29, 0.717) is 34.4 Å². The van der Waals surface area contributed by atoms with Gasteiger partial charge in [0.2, 0.25) is 0 Å². The Balaban J connectivity index is 1.50. The van der Waals surface area contributed by atoms with Gasteiger partial charge in [-0.15, -0.1) is 0 Å². The third kappa shape index (κ3) is 3.57. The number of hydrogen-bond acceptors (Lipinski definition) is 6. The Morgan fingerprint density at radius 1 is 1.10 bits per heavy atom. The summed E-state index contributed by atoms with van der Waals surface area (Å²) in [6.07, 6.45) is 7.95. The van der Waals surface area contributed by atoms with Gasteiger partial charge in [0.15, 0.2) is 11.5 Å². The number of rotatable bonds is 3. The molecule has 0 spiro atoms. The lowest BCUT2D eigenvalue weighted by molar-refractivity contribution is 0.102. The smallest absolute Gasteiger partial charge is 0.257 e. The molecule has 5 rings (SSSR count). The summed E-state index contributed by atoms with van der Waals surface area (Å²) in [5, 5.41) is 6.29. The molecule has 8 nitrogen and oxygen atoms in total. The van der Waals surface area contributed by atoms with Crippen molar-refractivity contribution in [2.45, 2.75) is 25.9 Å². The van der Waals surface area contributed by atoms with E-state index in [0.717, 1.165) is 18.8 Å². The molecule has 1 aliphatic heterocycles. The minimum absolute atomic E-state index is 0.207. The highest BCUT2D eigenvalue weighted by Crippen LogP contribution is 2.28. The lowest BCUT2D eigenvalue weighted by Crippen LogP contribution is -2.54. The van der Waals surface area contributed by atoms with Crippen molar-refractivity contribution in [1.29, 1.82) is 0 Å². The maximum Gasteiger partial charge on any atom is 0.257 e. The number of carbonyl (C=O) groups excluding carboxylic acids is 1. The van der Waals surface area contributed by atoms with Crippen LogP contribution < -0.4 is 15.5 Å². The standard InChI is InChI=1S/C22H22FN7O/c1-13-10-30(11-14(2)27-13)18-4-3-16(19-20(18)25-6-5-24-19)22(31)28-15-9-17(23)21-26-7-8-29(21)12-15/h3-9,12-14,27H,10-11H2,1-2H3,(H,28,31). The molecule has 3 aromatic heterocycles. The number of piperazine rings is 1. The number of carbonyl (C=O) groups is 1. The summed E-state index contributed by atoms with van der Waals surface area (Å²) in [6, 6.07) is 5.60. The number of nitrogens with zero attached hydrogens (tertiary/aromatic N) is 5. The van der Waals surface area contributed by atoms with E-state index in [1.165, 1.54) is 16.7 Å². The highest BCUT2D eigenvalue weighted by Gasteiger charge is 2.24. The van der Waals surface area contributed by atoms with Crippen molar-refractivity contribution in [2.24, 2.45) is 0 Å².